The van der Waals surface area contributed by atoms with E-state index in [4.69, 9.17) is 5.73 Å². The van der Waals surface area contributed by atoms with Crippen molar-refractivity contribution < 1.29 is 23.2 Å². The van der Waals surface area contributed by atoms with Gasteiger partial charge in [0.2, 0.25) is 0 Å². The third-order valence-electron chi connectivity index (χ3n) is 4.77. The number of halogens is 2. The minimum atomic E-state index is -1.22. The van der Waals surface area contributed by atoms with E-state index in [9.17, 15) is 23.2 Å². The highest BCUT2D eigenvalue weighted by Crippen LogP contribution is 2.20. The average molecular weight is 431 g/mol. The van der Waals surface area contributed by atoms with Gasteiger partial charge in [-0.15, -0.1) is 0 Å². The number of nitrogens with two attached hydrogens (primary N) is 1. The van der Waals surface area contributed by atoms with E-state index in [-0.39, 0.29) is 31.7 Å². The first-order chi connectivity index (χ1) is 14.9. The summed E-state index contributed by atoms with van der Waals surface area (Å²) < 4.78 is 26.4. The van der Waals surface area contributed by atoms with Gasteiger partial charge in [0.25, 0.3) is 11.8 Å². The predicted molar refractivity (Wildman–Crippen MR) is 110 cm³/mol. The van der Waals surface area contributed by atoms with E-state index in [2.05, 4.69) is 10.6 Å². The Labute approximate surface area is 178 Å². The van der Waals surface area contributed by atoms with Crippen LogP contribution in [0.25, 0.3) is 0 Å². The normalized spacial score (nSPS) is 16.0. The third kappa shape index (κ3) is 5.34. The zero-order valence-electron chi connectivity index (χ0n) is 16.7. The molecule has 1 fully saturated rings. The molecule has 0 aliphatic carbocycles. The number of carbonyl (C=O) groups excluding carboxylic acids is 3. The highest BCUT2D eigenvalue weighted by Gasteiger charge is 2.40. The number of anilines is 1. The Hall–Kier alpha value is -3.53. The van der Waals surface area contributed by atoms with Gasteiger partial charge in [0.15, 0.2) is 6.17 Å². The molecule has 2 aromatic rings. The lowest BCUT2D eigenvalue weighted by atomic mass is 10.1. The molecular weight excluding hydrogens is 408 g/mol. The Morgan fingerprint density at radius 3 is 2.13 bits per heavy atom. The lowest BCUT2D eigenvalue weighted by molar-refractivity contribution is -0.132. The van der Waals surface area contributed by atoms with Crippen LogP contribution in [0.3, 0.4) is 0 Å². The quantitative estimate of drug-likeness (QED) is 0.670. The molecule has 1 unspecified atom stereocenters. The smallest absolute Gasteiger partial charge is 0.323 e. The highest BCUT2D eigenvalue weighted by molar-refractivity contribution is 6.00. The Bertz CT molecular complexity index is 937. The molecule has 4 N–H and O–H groups in total. The van der Waals surface area contributed by atoms with Crippen molar-refractivity contribution in [2.45, 2.75) is 12.6 Å². The molecule has 1 aliphatic rings. The van der Waals surface area contributed by atoms with E-state index in [0.29, 0.717) is 12.1 Å². The van der Waals surface area contributed by atoms with Gasteiger partial charge in [-0.25, -0.2) is 13.6 Å². The minimum Gasteiger partial charge on any atom is -0.351 e. The molecule has 2 aromatic carbocycles. The zero-order valence-corrected chi connectivity index (χ0v) is 16.7. The van der Waals surface area contributed by atoms with Crippen molar-refractivity contribution in [1.82, 2.24) is 15.1 Å². The van der Waals surface area contributed by atoms with Crippen molar-refractivity contribution in [3.05, 3.63) is 65.7 Å². The molecule has 0 spiro atoms. The first kappa shape index (κ1) is 22.2. The van der Waals surface area contributed by atoms with Crippen LogP contribution in [-0.4, -0.2) is 60.0 Å². The van der Waals surface area contributed by atoms with E-state index in [0.717, 1.165) is 12.1 Å². The standard InChI is InChI=1S/C21H23F2N5O3/c22-15-4-2-14(3-5-15)20(30)27-12-1-13-28(19(27)18(29)25-11-10-24)21(31)26-17-8-6-16(23)7-9-17/h2-9,19H,1,10-13,24H2,(H,25,29)(H,26,31). The number of hydrogen-bond acceptors (Lipinski definition) is 4. The molecule has 1 aliphatic heterocycles. The second-order valence-electron chi connectivity index (χ2n) is 6.94. The van der Waals surface area contributed by atoms with Crippen molar-refractivity contribution in [2.75, 3.05) is 31.5 Å². The average Bonchev–Trinajstić information content (AvgIpc) is 2.78. The number of nitrogens with zero attached hydrogens (tertiary/aromatic N) is 2. The Morgan fingerprint density at radius 2 is 1.52 bits per heavy atom. The molecule has 8 nitrogen and oxygen atoms in total. The van der Waals surface area contributed by atoms with Crippen LogP contribution in [0.2, 0.25) is 0 Å². The Balaban J connectivity index is 1.86. The number of hydrogen-bond donors (Lipinski definition) is 3. The lowest BCUT2D eigenvalue weighted by Crippen LogP contribution is -2.64. The fraction of sp³-hybridized carbons (Fsp3) is 0.286. The molecule has 4 amide bonds. The van der Waals surface area contributed by atoms with Crippen LogP contribution >= 0.6 is 0 Å². The summed E-state index contributed by atoms with van der Waals surface area (Å²) in [6.45, 7) is 0.811. The SMILES string of the molecule is NCCNC(=O)C1N(C(=O)Nc2ccc(F)cc2)CCCN1C(=O)c1ccc(F)cc1. The summed E-state index contributed by atoms with van der Waals surface area (Å²) in [5.41, 5.74) is 6.00. The van der Waals surface area contributed by atoms with Gasteiger partial charge in [-0.3, -0.25) is 14.5 Å². The molecule has 1 heterocycles. The van der Waals surface area contributed by atoms with Crippen molar-refractivity contribution in [2.24, 2.45) is 5.73 Å². The Kier molecular flexibility index (Phi) is 7.14. The van der Waals surface area contributed by atoms with Gasteiger partial charge in [0.05, 0.1) is 0 Å². The van der Waals surface area contributed by atoms with Crippen LogP contribution < -0.4 is 16.4 Å². The molecule has 31 heavy (non-hydrogen) atoms. The first-order valence-corrected chi connectivity index (χ1v) is 9.78. The van der Waals surface area contributed by atoms with E-state index < -0.39 is 35.6 Å². The summed E-state index contributed by atoms with van der Waals surface area (Å²) in [6, 6.07) is 9.51. The zero-order chi connectivity index (χ0) is 22.4. The van der Waals surface area contributed by atoms with Crippen LogP contribution in [0.4, 0.5) is 19.3 Å². The third-order valence-corrected chi connectivity index (χ3v) is 4.77. The summed E-state index contributed by atoms with van der Waals surface area (Å²) >= 11 is 0. The van der Waals surface area contributed by atoms with E-state index in [1.807, 2.05) is 0 Å². The number of rotatable bonds is 5. The Morgan fingerprint density at radius 1 is 0.935 bits per heavy atom. The van der Waals surface area contributed by atoms with Crippen LogP contribution in [0.1, 0.15) is 16.8 Å². The number of urea groups is 1. The van der Waals surface area contributed by atoms with Gasteiger partial charge >= 0.3 is 6.03 Å². The van der Waals surface area contributed by atoms with E-state index in [1.165, 1.54) is 46.2 Å². The maximum Gasteiger partial charge on any atom is 0.323 e. The first-order valence-electron chi connectivity index (χ1n) is 9.78. The van der Waals surface area contributed by atoms with Crippen LogP contribution in [-0.2, 0) is 4.79 Å². The summed E-state index contributed by atoms with van der Waals surface area (Å²) in [5, 5.41) is 5.23. The van der Waals surface area contributed by atoms with E-state index >= 15 is 0 Å². The van der Waals surface area contributed by atoms with Crippen molar-refractivity contribution in [3.63, 3.8) is 0 Å². The summed E-state index contributed by atoms with van der Waals surface area (Å²) in [6.07, 6.45) is -0.789. The molecule has 164 valence electrons. The monoisotopic (exact) mass is 431 g/mol. The van der Waals surface area contributed by atoms with Gasteiger partial charge in [-0.05, 0) is 55.0 Å². The fourth-order valence-corrected chi connectivity index (χ4v) is 3.31. The second kappa shape index (κ2) is 9.98. The molecule has 1 atom stereocenters. The van der Waals surface area contributed by atoms with Gasteiger partial charge in [-0.1, -0.05) is 0 Å². The van der Waals surface area contributed by atoms with E-state index in [1.54, 1.807) is 0 Å². The topological polar surface area (TPSA) is 108 Å². The molecule has 0 radical (unpaired) electrons. The fourth-order valence-electron chi connectivity index (χ4n) is 3.31. The highest BCUT2D eigenvalue weighted by atomic mass is 19.1. The molecular formula is C21H23F2N5O3. The number of carbonyl (C=O) groups is 3. The minimum absolute atomic E-state index is 0.168. The molecule has 1 saturated heterocycles. The van der Waals surface area contributed by atoms with Crippen LogP contribution in [0.15, 0.2) is 48.5 Å². The van der Waals surface area contributed by atoms with Crippen molar-refractivity contribution in [3.8, 4) is 0 Å². The number of nitrogens with one attached hydrogen (secondary N) is 2. The molecule has 0 saturated carbocycles. The largest absolute Gasteiger partial charge is 0.351 e. The lowest BCUT2D eigenvalue weighted by Gasteiger charge is -2.42. The summed E-state index contributed by atoms with van der Waals surface area (Å²) in [4.78, 5) is 41.4. The van der Waals surface area contributed by atoms with Gasteiger partial charge in [-0.2, -0.15) is 0 Å². The molecule has 0 aromatic heterocycles. The van der Waals surface area contributed by atoms with Gasteiger partial charge < -0.3 is 21.3 Å². The maximum absolute atomic E-state index is 13.3. The maximum atomic E-state index is 13.3. The van der Waals surface area contributed by atoms with Crippen molar-refractivity contribution >= 4 is 23.5 Å². The molecule has 0 bridgehead atoms. The van der Waals surface area contributed by atoms with Crippen molar-refractivity contribution in [1.29, 1.82) is 0 Å². The van der Waals surface area contributed by atoms with Crippen LogP contribution in [0.5, 0.6) is 0 Å². The van der Waals surface area contributed by atoms with Crippen LogP contribution in [0, 0.1) is 11.6 Å². The van der Waals surface area contributed by atoms with Gasteiger partial charge in [0, 0.05) is 37.4 Å². The van der Waals surface area contributed by atoms with Gasteiger partial charge in [0.1, 0.15) is 11.6 Å². The number of amides is 4. The second-order valence-corrected chi connectivity index (χ2v) is 6.94. The predicted octanol–water partition coefficient (Wildman–Crippen LogP) is 1.75. The summed E-state index contributed by atoms with van der Waals surface area (Å²) in [5.74, 6) is -2.01. The molecule has 3 rings (SSSR count). The number of benzene rings is 2. The summed E-state index contributed by atoms with van der Waals surface area (Å²) in [7, 11) is 0. The molecule has 10 heteroatoms.